The number of hydrogen-bond donors (Lipinski definition) is 1. The molecule has 1 N–H and O–H groups in total. The zero-order valence-corrected chi connectivity index (χ0v) is 23.0. The van der Waals surface area contributed by atoms with Gasteiger partial charge < -0.3 is 19.2 Å². The molecule has 1 atom stereocenters. The number of fused-ring (bicyclic) bond motifs is 2. The molecule has 5 heteroatoms. The van der Waals surface area contributed by atoms with Crippen molar-refractivity contribution < 1.29 is 14.2 Å². The number of para-hydroxylation sites is 2. The highest BCUT2D eigenvalue weighted by molar-refractivity contribution is 5.94. The Morgan fingerprint density at radius 1 is 0.850 bits per heavy atom. The lowest BCUT2D eigenvalue weighted by Crippen LogP contribution is -2.18. The molecule has 0 saturated heterocycles. The van der Waals surface area contributed by atoms with Crippen LogP contribution in [0.3, 0.4) is 0 Å². The predicted octanol–water partition coefficient (Wildman–Crippen LogP) is 7.74. The van der Waals surface area contributed by atoms with Gasteiger partial charge in [-0.1, -0.05) is 60.7 Å². The largest absolute Gasteiger partial charge is 0.493 e. The fraction of sp³-hybridized carbons (Fsp3) is 0.171. The second-order valence-corrected chi connectivity index (χ2v) is 9.93. The molecule has 0 fully saturated rings. The van der Waals surface area contributed by atoms with Crippen LogP contribution in [-0.2, 0) is 6.42 Å². The quantitative estimate of drug-likeness (QED) is 0.210. The molecule has 5 nitrogen and oxygen atoms in total. The zero-order chi connectivity index (χ0) is 27.5. The van der Waals surface area contributed by atoms with E-state index in [1.165, 1.54) is 22.1 Å². The summed E-state index contributed by atoms with van der Waals surface area (Å²) in [7, 11) is 3.29. The van der Waals surface area contributed by atoms with Crippen molar-refractivity contribution in [3.8, 4) is 17.2 Å². The fourth-order valence-electron chi connectivity index (χ4n) is 5.55. The van der Waals surface area contributed by atoms with Crippen molar-refractivity contribution in [1.82, 2.24) is 4.98 Å². The van der Waals surface area contributed by atoms with E-state index in [9.17, 15) is 0 Å². The second kappa shape index (κ2) is 11.1. The maximum absolute atomic E-state index is 6.64. The first-order valence-electron chi connectivity index (χ1n) is 13.5. The topological polar surface area (TPSA) is 55.8 Å². The van der Waals surface area contributed by atoms with Gasteiger partial charge in [0.2, 0.25) is 0 Å². The van der Waals surface area contributed by atoms with Gasteiger partial charge in [-0.2, -0.15) is 0 Å². The summed E-state index contributed by atoms with van der Waals surface area (Å²) in [6, 6.07) is 31.1. The summed E-state index contributed by atoms with van der Waals surface area (Å²) >= 11 is 0. The molecule has 1 aliphatic rings. The average molecular weight is 529 g/mol. The Balaban J connectivity index is 1.45. The van der Waals surface area contributed by atoms with Gasteiger partial charge in [0.25, 0.3) is 0 Å². The van der Waals surface area contributed by atoms with Crippen LogP contribution in [0.15, 0.2) is 108 Å². The van der Waals surface area contributed by atoms with Gasteiger partial charge in [-0.25, -0.2) is 0 Å². The molecule has 0 saturated carbocycles. The molecule has 200 valence electrons. The molecule has 1 aliphatic heterocycles. The minimum Gasteiger partial charge on any atom is -0.493 e. The van der Waals surface area contributed by atoms with E-state index in [1.807, 2.05) is 36.5 Å². The fourth-order valence-corrected chi connectivity index (χ4v) is 5.55. The number of benzene rings is 4. The van der Waals surface area contributed by atoms with Gasteiger partial charge in [-0.3, -0.25) is 4.99 Å². The van der Waals surface area contributed by atoms with Crippen LogP contribution in [0, 0.1) is 6.92 Å². The zero-order valence-electron chi connectivity index (χ0n) is 23.0. The van der Waals surface area contributed by atoms with Gasteiger partial charge in [-0.15, -0.1) is 0 Å². The summed E-state index contributed by atoms with van der Waals surface area (Å²) in [6.07, 6.45) is 4.94. The summed E-state index contributed by atoms with van der Waals surface area (Å²) < 4.78 is 17.8. The van der Waals surface area contributed by atoms with Gasteiger partial charge in [0.1, 0.15) is 11.5 Å². The predicted molar refractivity (Wildman–Crippen MR) is 162 cm³/mol. The number of nitrogens with one attached hydrogen (secondary N) is 1. The third-order valence-corrected chi connectivity index (χ3v) is 7.58. The number of H-pyrrole nitrogens is 1. The Bertz CT molecular complexity index is 1730. The SMILES string of the molecule is COc1ccc(C2=C(C=NCCc3c[nH]c4ccccc34)[C@H](c3ccccc3C)c3ccccc3O2)cc1OC. The molecule has 6 rings (SSSR count). The lowest BCUT2D eigenvalue weighted by Gasteiger charge is -2.31. The number of aromatic amines is 1. The van der Waals surface area contributed by atoms with Crippen molar-refractivity contribution >= 4 is 22.9 Å². The number of aromatic nitrogens is 1. The summed E-state index contributed by atoms with van der Waals surface area (Å²) in [6.45, 7) is 2.82. The number of methoxy groups -OCH3 is 2. The van der Waals surface area contributed by atoms with E-state index in [0.717, 1.165) is 40.1 Å². The van der Waals surface area contributed by atoms with E-state index < -0.39 is 0 Å². The molecule has 0 unspecified atom stereocenters. The Morgan fingerprint density at radius 2 is 1.60 bits per heavy atom. The standard InChI is InChI=1S/C35H32N2O3/c1-23-10-4-5-11-26(23)34-28-13-7-9-15-31(28)40-35(24-16-17-32(38-2)33(20-24)39-3)29(34)22-36-19-18-25-21-37-30-14-8-6-12-27(25)30/h4-17,20-22,34,37H,18-19H2,1-3H3/t34-/m1/s1. The van der Waals surface area contributed by atoms with E-state index in [0.29, 0.717) is 18.0 Å². The third-order valence-electron chi connectivity index (χ3n) is 7.58. The highest BCUT2D eigenvalue weighted by Crippen LogP contribution is 2.46. The number of hydrogen-bond acceptors (Lipinski definition) is 4. The van der Waals surface area contributed by atoms with E-state index in [-0.39, 0.29) is 5.92 Å². The van der Waals surface area contributed by atoms with Crippen LogP contribution >= 0.6 is 0 Å². The van der Waals surface area contributed by atoms with Crippen molar-refractivity contribution in [3.05, 3.63) is 131 Å². The molecule has 4 aromatic carbocycles. The van der Waals surface area contributed by atoms with Crippen LogP contribution in [0.2, 0.25) is 0 Å². The number of nitrogens with zero attached hydrogens (tertiary/aromatic N) is 1. The van der Waals surface area contributed by atoms with Crippen molar-refractivity contribution in [1.29, 1.82) is 0 Å². The molecule has 0 amide bonds. The van der Waals surface area contributed by atoms with Crippen molar-refractivity contribution in [2.75, 3.05) is 20.8 Å². The molecular weight excluding hydrogens is 496 g/mol. The van der Waals surface area contributed by atoms with Crippen molar-refractivity contribution in [3.63, 3.8) is 0 Å². The summed E-state index contributed by atoms with van der Waals surface area (Å²) in [4.78, 5) is 8.34. The number of ether oxygens (including phenoxy) is 3. The molecular formula is C35H32N2O3. The van der Waals surface area contributed by atoms with E-state index in [1.54, 1.807) is 14.2 Å². The maximum atomic E-state index is 6.64. The lowest BCUT2D eigenvalue weighted by atomic mass is 9.80. The first kappa shape index (κ1) is 25.5. The summed E-state index contributed by atoms with van der Waals surface area (Å²) in [5.74, 6) is 2.90. The highest BCUT2D eigenvalue weighted by Gasteiger charge is 2.32. The minimum atomic E-state index is -0.0360. The van der Waals surface area contributed by atoms with E-state index >= 15 is 0 Å². The smallest absolute Gasteiger partial charge is 0.161 e. The Kier molecular flexibility index (Phi) is 7.11. The molecule has 0 bridgehead atoms. The molecule has 40 heavy (non-hydrogen) atoms. The number of allylic oxidation sites excluding steroid dienone is 1. The van der Waals surface area contributed by atoms with E-state index in [4.69, 9.17) is 19.2 Å². The van der Waals surface area contributed by atoms with Gasteiger partial charge in [-0.05, 0) is 60.4 Å². The van der Waals surface area contributed by atoms with Crippen LogP contribution in [0.5, 0.6) is 17.2 Å². The molecule has 0 aliphatic carbocycles. The van der Waals surface area contributed by atoms with Crippen LogP contribution < -0.4 is 14.2 Å². The second-order valence-electron chi connectivity index (χ2n) is 9.93. The minimum absolute atomic E-state index is 0.0360. The molecule has 1 aromatic heterocycles. The molecule has 2 heterocycles. The maximum Gasteiger partial charge on any atom is 0.161 e. The summed E-state index contributed by atoms with van der Waals surface area (Å²) in [5.41, 5.74) is 7.91. The first-order valence-corrected chi connectivity index (χ1v) is 13.5. The Labute approximate surface area is 234 Å². The Morgan fingerprint density at radius 3 is 2.42 bits per heavy atom. The van der Waals surface area contributed by atoms with Crippen LogP contribution in [0.25, 0.3) is 16.7 Å². The Hall–Kier alpha value is -4.77. The van der Waals surface area contributed by atoms with Crippen molar-refractivity contribution in [2.45, 2.75) is 19.3 Å². The normalized spacial score (nSPS) is 14.8. The lowest BCUT2D eigenvalue weighted by molar-refractivity contribution is 0.354. The monoisotopic (exact) mass is 528 g/mol. The highest BCUT2D eigenvalue weighted by atomic mass is 16.5. The number of aryl methyl sites for hydroxylation is 1. The van der Waals surface area contributed by atoms with Crippen LogP contribution in [0.4, 0.5) is 0 Å². The molecule has 0 radical (unpaired) electrons. The molecule has 5 aromatic rings. The molecule has 0 spiro atoms. The van der Waals surface area contributed by atoms with Gasteiger partial charge >= 0.3 is 0 Å². The van der Waals surface area contributed by atoms with Crippen molar-refractivity contribution in [2.24, 2.45) is 4.99 Å². The average Bonchev–Trinajstić information content (AvgIpc) is 3.42. The third kappa shape index (κ3) is 4.75. The van der Waals surface area contributed by atoms with E-state index in [2.05, 4.69) is 78.8 Å². The number of aliphatic imine (C=N–C) groups is 1. The van der Waals surface area contributed by atoms with Gasteiger partial charge in [0, 0.05) is 52.5 Å². The summed E-state index contributed by atoms with van der Waals surface area (Å²) in [5, 5.41) is 1.25. The number of rotatable bonds is 8. The van der Waals surface area contributed by atoms with Crippen LogP contribution in [-0.4, -0.2) is 32.0 Å². The van der Waals surface area contributed by atoms with Gasteiger partial charge in [0.15, 0.2) is 11.5 Å². The first-order chi connectivity index (χ1) is 19.7. The van der Waals surface area contributed by atoms with Crippen LogP contribution in [0.1, 0.15) is 33.7 Å². The van der Waals surface area contributed by atoms with Gasteiger partial charge in [0.05, 0.1) is 14.2 Å².